The van der Waals surface area contributed by atoms with Gasteiger partial charge in [0.25, 0.3) is 5.91 Å². The highest BCUT2D eigenvalue weighted by Gasteiger charge is 2.21. The van der Waals surface area contributed by atoms with Crippen molar-refractivity contribution in [2.75, 3.05) is 14.2 Å². The van der Waals surface area contributed by atoms with Crippen LogP contribution in [0.2, 0.25) is 0 Å². The molecule has 0 aliphatic rings. The van der Waals surface area contributed by atoms with Gasteiger partial charge in [-0.25, -0.2) is 0 Å². The summed E-state index contributed by atoms with van der Waals surface area (Å²) in [6, 6.07) is 11.3. The van der Waals surface area contributed by atoms with Crippen LogP contribution < -0.4 is 14.2 Å². The summed E-state index contributed by atoms with van der Waals surface area (Å²) in [5.74, 6) is -0.380. The zero-order valence-corrected chi connectivity index (χ0v) is 16.8. The van der Waals surface area contributed by atoms with Crippen LogP contribution in [-0.4, -0.2) is 28.5 Å². The lowest BCUT2D eigenvalue weighted by molar-refractivity contribution is -0.116. The molecule has 2 aromatic rings. The number of rotatable bonds is 6. The molecule has 0 heterocycles. The molecule has 1 amide bonds. The molecule has 0 radical (unpaired) electrons. The second-order valence-electron chi connectivity index (χ2n) is 5.97. The summed E-state index contributed by atoms with van der Waals surface area (Å²) < 4.78 is 35.9. The molecule has 0 spiro atoms. The number of hydrogen-bond acceptors (Lipinski definition) is 6. The maximum Gasteiger partial charge on any atom is 0.339 e. The molecule has 0 aliphatic heterocycles. The van der Waals surface area contributed by atoms with Crippen LogP contribution in [0.3, 0.4) is 0 Å². The minimum absolute atomic E-state index is 0.000920. The van der Waals surface area contributed by atoms with Crippen molar-refractivity contribution in [2.45, 2.75) is 18.7 Å². The molecule has 0 atom stereocenters. The Bertz CT molecular complexity index is 1080. The van der Waals surface area contributed by atoms with E-state index in [1.54, 1.807) is 26.0 Å². The third-order valence-corrected chi connectivity index (χ3v) is 5.28. The maximum atomic E-state index is 12.7. The second-order valence-corrected chi connectivity index (χ2v) is 7.48. The van der Waals surface area contributed by atoms with E-state index in [4.69, 9.17) is 14.2 Å². The summed E-state index contributed by atoms with van der Waals surface area (Å²) in [4.78, 5) is 11.7. The van der Waals surface area contributed by atoms with Gasteiger partial charge >= 0.3 is 10.1 Å². The highest BCUT2D eigenvalue weighted by atomic mass is 32.2. The first-order valence-electron chi connectivity index (χ1n) is 8.25. The number of hydrogen-bond donors (Lipinski definition) is 1. The number of amides is 1. The average Bonchev–Trinajstić information content (AvgIpc) is 2.67. The number of methoxy groups -OCH3 is 1. The van der Waals surface area contributed by atoms with Crippen molar-refractivity contribution in [1.29, 1.82) is 5.26 Å². The van der Waals surface area contributed by atoms with Gasteiger partial charge in [-0.1, -0.05) is 18.2 Å². The molecular weight excluding hydrogens is 380 g/mol. The Labute approximate surface area is 164 Å². The number of carbonyl (C=O) groups excluding carboxylic acids is 1. The van der Waals surface area contributed by atoms with E-state index >= 15 is 0 Å². The van der Waals surface area contributed by atoms with E-state index in [0.29, 0.717) is 11.1 Å². The SMILES string of the molecule is CNC(=O)/C(C#N)=C/c1ccc(OS(=O)(=O)c2cc(C)ccc2C)c(OC)c1. The molecule has 0 saturated carbocycles. The Morgan fingerprint density at radius 3 is 2.46 bits per heavy atom. The number of nitrogens with zero attached hydrogens (tertiary/aromatic N) is 1. The quantitative estimate of drug-likeness (QED) is 0.454. The van der Waals surface area contributed by atoms with Gasteiger partial charge in [0.1, 0.15) is 16.5 Å². The molecule has 7 nitrogen and oxygen atoms in total. The van der Waals surface area contributed by atoms with Crippen LogP contribution in [0.5, 0.6) is 11.5 Å². The van der Waals surface area contributed by atoms with E-state index in [1.807, 2.05) is 6.07 Å². The number of nitrogens with one attached hydrogen (secondary N) is 1. The first-order valence-corrected chi connectivity index (χ1v) is 9.66. The Hall–Kier alpha value is -3.31. The van der Waals surface area contributed by atoms with Crippen molar-refractivity contribution in [1.82, 2.24) is 5.32 Å². The predicted octanol–water partition coefficient (Wildman–Crippen LogP) is 2.73. The molecule has 1 N–H and O–H groups in total. The molecular formula is C20H20N2O5S. The zero-order chi connectivity index (χ0) is 20.9. The first kappa shape index (κ1) is 21.0. The smallest absolute Gasteiger partial charge is 0.339 e. The van der Waals surface area contributed by atoms with Gasteiger partial charge in [-0.05, 0) is 54.8 Å². The van der Waals surface area contributed by atoms with Crippen molar-refractivity contribution in [3.8, 4) is 17.6 Å². The van der Waals surface area contributed by atoms with E-state index in [9.17, 15) is 13.2 Å². The van der Waals surface area contributed by atoms with Crippen molar-refractivity contribution in [2.24, 2.45) is 0 Å². The lowest BCUT2D eigenvalue weighted by atomic mass is 10.1. The highest BCUT2D eigenvalue weighted by molar-refractivity contribution is 7.87. The lowest BCUT2D eigenvalue weighted by Gasteiger charge is -2.13. The number of likely N-dealkylation sites (N-methyl/N-ethyl adjacent to an activating group) is 1. The Balaban J connectivity index is 2.42. The summed E-state index contributed by atoms with van der Waals surface area (Å²) in [6.45, 7) is 3.47. The third kappa shape index (κ3) is 4.69. The lowest BCUT2D eigenvalue weighted by Crippen LogP contribution is -2.19. The molecule has 0 aromatic heterocycles. The molecule has 8 heteroatoms. The van der Waals surface area contributed by atoms with Crippen molar-refractivity contribution >= 4 is 22.1 Å². The summed E-state index contributed by atoms with van der Waals surface area (Å²) in [5, 5.41) is 11.5. The second kappa shape index (κ2) is 8.59. The summed E-state index contributed by atoms with van der Waals surface area (Å²) in [6.07, 6.45) is 1.37. The highest BCUT2D eigenvalue weighted by Crippen LogP contribution is 2.32. The normalized spacial score (nSPS) is 11.5. The van der Waals surface area contributed by atoms with Crippen molar-refractivity contribution in [3.05, 3.63) is 58.7 Å². The minimum atomic E-state index is -4.07. The molecule has 28 heavy (non-hydrogen) atoms. The van der Waals surface area contributed by atoms with E-state index in [0.717, 1.165) is 5.56 Å². The summed E-state index contributed by atoms with van der Waals surface area (Å²) in [7, 11) is -1.28. The standard InChI is InChI=1S/C20H20N2O5S/c1-13-5-6-14(2)19(9-13)28(24,25)27-17-8-7-15(11-18(17)26-4)10-16(12-21)20(23)22-3/h5-11H,1-4H3,(H,22,23)/b16-10+. The fourth-order valence-corrected chi connectivity index (χ4v) is 3.69. The predicted molar refractivity (Wildman–Crippen MR) is 104 cm³/mol. The fraction of sp³-hybridized carbons (Fsp3) is 0.200. The van der Waals surface area contributed by atoms with E-state index < -0.39 is 16.0 Å². The molecule has 146 valence electrons. The van der Waals surface area contributed by atoms with Crippen LogP contribution in [0.15, 0.2) is 46.9 Å². The number of nitriles is 1. The molecule has 2 rings (SSSR count). The van der Waals surface area contributed by atoms with Gasteiger partial charge in [-0.2, -0.15) is 13.7 Å². The fourth-order valence-electron chi connectivity index (χ4n) is 2.43. The van der Waals surface area contributed by atoms with Crippen molar-refractivity contribution < 1.29 is 22.1 Å². The van der Waals surface area contributed by atoms with Crippen LogP contribution in [-0.2, 0) is 14.9 Å². The molecule has 0 bridgehead atoms. The van der Waals surface area contributed by atoms with Gasteiger partial charge in [0.15, 0.2) is 11.5 Å². The molecule has 0 unspecified atom stereocenters. The van der Waals surface area contributed by atoms with E-state index in [2.05, 4.69) is 5.32 Å². The number of aryl methyl sites for hydroxylation is 2. The van der Waals surface area contributed by atoms with Gasteiger partial charge in [-0.3, -0.25) is 4.79 Å². The van der Waals surface area contributed by atoms with Gasteiger partial charge in [0.05, 0.1) is 7.11 Å². The van der Waals surface area contributed by atoms with Gasteiger partial charge < -0.3 is 14.2 Å². The van der Waals surface area contributed by atoms with E-state index in [-0.39, 0.29) is 22.0 Å². The van der Waals surface area contributed by atoms with Gasteiger partial charge in [-0.15, -0.1) is 0 Å². The minimum Gasteiger partial charge on any atom is -0.493 e. The van der Waals surface area contributed by atoms with Crippen LogP contribution in [0.4, 0.5) is 0 Å². The average molecular weight is 400 g/mol. The van der Waals surface area contributed by atoms with E-state index in [1.165, 1.54) is 44.5 Å². The summed E-state index contributed by atoms with van der Waals surface area (Å²) in [5.41, 5.74) is 1.74. The van der Waals surface area contributed by atoms with Crippen LogP contribution >= 0.6 is 0 Å². The molecule has 0 saturated heterocycles. The Morgan fingerprint density at radius 1 is 1.14 bits per heavy atom. The molecule has 0 fully saturated rings. The Kier molecular flexibility index (Phi) is 6.44. The number of carbonyl (C=O) groups is 1. The van der Waals surface area contributed by atoms with Crippen LogP contribution in [0.25, 0.3) is 6.08 Å². The number of benzene rings is 2. The molecule has 2 aromatic carbocycles. The van der Waals surface area contributed by atoms with Crippen molar-refractivity contribution in [3.63, 3.8) is 0 Å². The first-order chi connectivity index (χ1) is 13.2. The molecule has 0 aliphatic carbocycles. The summed E-state index contributed by atoms with van der Waals surface area (Å²) >= 11 is 0. The number of ether oxygens (including phenoxy) is 1. The van der Waals surface area contributed by atoms with Crippen LogP contribution in [0.1, 0.15) is 16.7 Å². The van der Waals surface area contributed by atoms with Gasteiger partial charge in [0, 0.05) is 7.05 Å². The van der Waals surface area contributed by atoms with Crippen LogP contribution in [0, 0.1) is 25.2 Å². The maximum absolute atomic E-state index is 12.7. The third-order valence-electron chi connectivity index (χ3n) is 3.90. The largest absolute Gasteiger partial charge is 0.493 e. The topological polar surface area (TPSA) is 105 Å². The monoisotopic (exact) mass is 400 g/mol. The zero-order valence-electron chi connectivity index (χ0n) is 15.9. The Morgan fingerprint density at radius 2 is 1.86 bits per heavy atom. The van der Waals surface area contributed by atoms with Gasteiger partial charge in [0.2, 0.25) is 0 Å².